The van der Waals surface area contributed by atoms with Crippen molar-refractivity contribution >= 4 is 16.6 Å². The Kier molecular flexibility index (Phi) is 2.33. The Hall–Kier alpha value is -2.23. The van der Waals surface area contributed by atoms with E-state index in [4.69, 9.17) is 0 Å². The number of benzene rings is 1. The van der Waals surface area contributed by atoms with E-state index in [0.717, 1.165) is 12.2 Å². The third kappa shape index (κ3) is 2.01. The van der Waals surface area contributed by atoms with Crippen LogP contribution < -0.4 is 5.32 Å². The van der Waals surface area contributed by atoms with E-state index in [2.05, 4.69) is 39.7 Å². The van der Waals surface area contributed by atoms with E-state index in [1.807, 2.05) is 25.6 Å². The maximum Gasteiger partial charge on any atom is 0.0729 e. The van der Waals surface area contributed by atoms with Crippen molar-refractivity contribution in [3.63, 3.8) is 0 Å². The minimum absolute atomic E-state index is 0.806. The molecule has 0 radical (unpaired) electrons. The van der Waals surface area contributed by atoms with Gasteiger partial charge >= 0.3 is 0 Å². The first-order valence-corrected chi connectivity index (χ1v) is 5.60. The number of nitrogens with zero attached hydrogens (tertiary/aromatic N) is 2. The first-order chi connectivity index (χ1) is 8.31. The molecule has 0 saturated carbocycles. The molecule has 4 heteroatoms. The predicted molar refractivity (Wildman–Crippen MR) is 68.8 cm³/mol. The predicted octanol–water partition coefficient (Wildman–Crippen LogP) is 2.51. The molecule has 3 rings (SSSR count). The van der Waals surface area contributed by atoms with Crippen molar-refractivity contribution in [2.75, 3.05) is 5.32 Å². The first-order valence-electron chi connectivity index (χ1n) is 5.60. The zero-order chi connectivity index (χ0) is 11.7. The summed E-state index contributed by atoms with van der Waals surface area (Å²) in [4.78, 5) is 3.22. The maximum absolute atomic E-state index is 4.12. The average Bonchev–Trinajstić information content (AvgIpc) is 2.94. The maximum atomic E-state index is 4.12. The largest absolute Gasteiger partial charge is 0.378 e. The highest BCUT2D eigenvalue weighted by Gasteiger charge is 1.98. The van der Waals surface area contributed by atoms with Crippen molar-refractivity contribution in [2.45, 2.75) is 6.54 Å². The van der Waals surface area contributed by atoms with Gasteiger partial charge in [0.05, 0.1) is 11.9 Å². The summed E-state index contributed by atoms with van der Waals surface area (Å²) in [7, 11) is 1.91. The van der Waals surface area contributed by atoms with Crippen LogP contribution in [-0.2, 0) is 13.6 Å². The van der Waals surface area contributed by atoms with Crippen LogP contribution in [0.25, 0.3) is 10.9 Å². The number of aromatic nitrogens is 3. The number of hydrogen-bond donors (Lipinski definition) is 2. The van der Waals surface area contributed by atoms with Gasteiger partial charge in [-0.2, -0.15) is 5.10 Å². The van der Waals surface area contributed by atoms with Gasteiger partial charge in [0.2, 0.25) is 0 Å². The van der Waals surface area contributed by atoms with Crippen molar-refractivity contribution in [1.82, 2.24) is 14.8 Å². The van der Waals surface area contributed by atoms with E-state index in [1.165, 1.54) is 16.5 Å². The van der Waals surface area contributed by atoms with Crippen LogP contribution >= 0.6 is 0 Å². The molecule has 0 aliphatic rings. The molecule has 0 atom stereocenters. The van der Waals surface area contributed by atoms with Gasteiger partial charge in [0.15, 0.2) is 0 Å². The fourth-order valence-electron chi connectivity index (χ4n) is 1.92. The second kappa shape index (κ2) is 3.97. The van der Waals surface area contributed by atoms with E-state index in [1.54, 1.807) is 4.68 Å². The molecular formula is C13H14N4. The summed E-state index contributed by atoms with van der Waals surface area (Å²) in [6, 6.07) is 8.51. The number of H-pyrrole nitrogens is 1. The molecule has 0 unspecified atom stereocenters. The monoisotopic (exact) mass is 226 g/mol. The summed E-state index contributed by atoms with van der Waals surface area (Å²) in [6.07, 6.45) is 5.75. The van der Waals surface area contributed by atoms with Gasteiger partial charge in [-0.05, 0) is 23.1 Å². The summed E-state index contributed by atoms with van der Waals surface area (Å²) in [5.41, 5.74) is 3.47. The topological polar surface area (TPSA) is 45.6 Å². The van der Waals surface area contributed by atoms with Crippen LogP contribution in [0, 0.1) is 0 Å². The second-order valence-electron chi connectivity index (χ2n) is 4.16. The highest BCUT2D eigenvalue weighted by Crippen LogP contribution is 2.15. The van der Waals surface area contributed by atoms with E-state index >= 15 is 0 Å². The Morgan fingerprint density at radius 1 is 1.35 bits per heavy atom. The van der Waals surface area contributed by atoms with Crippen molar-refractivity contribution in [1.29, 1.82) is 0 Å². The Labute approximate surface area is 99.3 Å². The van der Waals surface area contributed by atoms with Gasteiger partial charge in [-0.25, -0.2) is 0 Å². The van der Waals surface area contributed by atoms with Gasteiger partial charge in [-0.3, -0.25) is 4.68 Å². The van der Waals surface area contributed by atoms with Crippen LogP contribution in [0.3, 0.4) is 0 Å². The van der Waals surface area contributed by atoms with Gasteiger partial charge in [0.1, 0.15) is 0 Å². The summed E-state index contributed by atoms with van der Waals surface area (Å²) >= 11 is 0. The molecule has 2 N–H and O–H groups in total. The lowest BCUT2D eigenvalue weighted by atomic mass is 10.1. The zero-order valence-electron chi connectivity index (χ0n) is 9.64. The van der Waals surface area contributed by atoms with Crippen LogP contribution in [0.4, 0.5) is 5.69 Å². The van der Waals surface area contributed by atoms with Crippen LogP contribution in [0.5, 0.6) is 0 Å². The molecular weight excluding hydrogens is 212 g/mol. The van der Waals surface area contributed by atoms with Gasteiger partial charge in [0, 0.05) is 31.5 Å². The number of hydrogen-bond acceptors (Lipinski definition) is 2. The van der Waals surface area contributed by atoms with Crippen LogP contribution in [0.1, 0.15) is 5.56 Å². The van der Waals surface area contributed by atoms with E-state index in [-0.39, 0.29) is 0 Å². The normalized spacial score (nSPS) is 10.9. The van der Waals surface area contributed by atoms with Crippen molar-refractivity contribution in [3.05, 3.63) is 48.4 Å². The molecule has 4 nitrogen and oxygen atoms in total. The highest BCUT2D eigenvalue weighted by molar-refractivity contribution is 5.79. The molecule has 17 heavy (non-hydrogen) atoms. The van der Waals surface area contributed by atoms with Gasteiger partial charge in [-0.1, -0.05) is 12.1 Å². The molecule has 0 aliphatic heterocycles. The number of fused-ring (bicyclic) bond motifs is 1. The first kappa shape index (κ1) is 9.96. The summed E-state index contributed by atoms with van der Waals surface area (Å²) in [5.74, 6) is 0. The van der Waals surface area contributed by atoms with E-state index < -0.39 is 0 Å². The molecule has 0 saturated heterocycles. The number of aromatic amines is 1. The molecule has 0 amide bonds. The van der Waals surface area contributed by atoms with Crippen molar-refractivity contribution < 1.29 is 0 Å². The van der Waals surface area contributed by atoms with Crippen LogP contribution in [0.2, 0.25) is 0 Å². The fourth-order valence-corrected chi connectivity index (χ4v) is 1.92. The van der Waals surface area contributed by atoms with Crippen LogP contribution in [-0.4, -0.2) is 14.8 Å². The SMILES string of the molecule is Cn1cc(NCc2ccc3cc[nH]c3c2)cn1. The fraction of sp³-hybridized carbons (Fsp3) is 0.154. The number of nitrogens with one attached hydrogen (secondary N) is 2. The third-order valence-electron chi connectivity index (χ3n) is 2.82. The van der Waals surface area contributed by atoms with Gasteiger partial charge in [0.25, 0.3) is 0 Å². The minimum atomic E-state index is 0.806. The number of anilines is 1. The molecule has 0 fully saturated rings. The molecule has 0 spiro atoms. The van der Waals surface area contributed by atoms with E-state index in [0.29, 0.717) is 0 Å². The van der Waals surface area contributed by atoms with Crippen molar-refractivity contribution in [3.8, 4) is 0 Å². The molecule has 0 aliphatic carbocycles. The number of rotatable bonds is 3. The third-order valence-corrected chi connectivity index (χ3v) is 2.82. The van der Waals surface area contributed by atoms with E-state index in [9.17, 15) is 0 Å². The lowest BCUT2D eigenvalue weighted by Gasteiger charge is -2.03. The quantitative estimate of drug-likeness (QED) is 0.720. The average molecular weight is 226 g/mol. The van der Waals surface area contributed by atoms with Gasteiger partial charge < -0.3 is 10.3 Å². The molecule has 2 aromatic heterocycles. The minimum Gasteiger partial charge on any atom is -0.378 e. The lowest BCUT2D eigenvalue weighted by Crippen LogP contribution is -1.98. The number of aryl methyl sites for hydroxylation is 1. The highest BCUT2D eigenvalue weighted by atomic mass is 15.3. The molecule has 86 valence electrons. The van der Waals surface area contributed by atoms with Crippen molar-refractivity contribution in [2.24, 2.45) is 7.05 Å². The summed E-state index contributed by atoms with van der Waals surface area (Å²) < 4.78 is 1.79. The van der Waals surface area contributed by atoms with Gasteiger partial charge in [-0.15, -0.1) is 0 Å². The zero-order valence-corrected chi connectivity index (χ0v) is 9.64. The Balaban J connectivity index is 1.76. The smallest absolute Gasteiger partial charge is 0.0729 e. The lowest BCUT2D eigenvalue weighted by molar-refractivity contribution is 0.768. The Morgan fingerprint density at radius 3 is 3.12 bits per heavy atom. The van der Waals surface area contributed by atoms with Crippen LogP contribution in [0.15, 0.2) is 42.9 Å². The molecule has 3 aromatic rings. The second-order valence-corrected chi connectivity index (χ2v) is 4.16. The summed E-state index contributed by atoms with van der Waals surface area (Å²) in [5, 5.41) is 8.71. The molecule has 2 heterocycles. The standard InChI is InChI=1S/C13H14N4/c1-17-9-12(8-16-17)15-7-10-2-3-11-4-5-14-13(11)6-10/h2-6,8-9,14-15H,7H2,1H3. The summed E-state index contributed by atoms with van der Waals surface area (Å²) in [6.45, 7) is 0.806. The molecule has 1 aromatic carbocycles. The molecule has 0 bridgehead atoms. The Bertz CT molecular complexity index is 635. The Morgan fingerprint density at radius 2 is 2.29 bits per heavy atom.